The number of halogens is 1. The lowest BCUT2D eigenvalue weighted by Gasteiger charge is -2.34. The standard InChI is InChI=1S/C9H13ClO4/c10-6-2-4-1-5(11)9(12)3-13-8(14-6)7(4)9/h4-8,11-12H,1-3H2. The fourth-order valence-electron chi connectivity index (χ4n) is 3.04. The zero-order valence-electron chi connectivity index (χ0n) is 7.60. The molecule has 2 heterocycles. The maximum absolute atomic E-state index is 10.2. The number of alkyl halides is 1. The van der Waals surface area contributed by atoms with Crippen LogP contribution in [0.1, 0.15) is 12.8 Å². The Labute approximate surface area is 86.8 Å². The normalized spacial score (nSPS) is 61.5. The highest BCUT2D eigenvalue weighted by atomic mass is 35.5. The van der Waals surface area contributed by atoms with Gasteiger partial charge in [0.15, 0.2) is 6.29 Å². The molecule has 3 fully saturated rings. The van der Waals surface area contributed by atoms with Gasteiger partial charge in [0.05, 0.1) is 12.7 Å². The van der Waals surface area contributed by atoms with Crippen molar-refractivity contribution in [3.63, 3.8) is 0 Å². The van der Waals surface area contributed by atoms with Gasteiger partial charge in [-0.25, -0.2) is 0 Å². The molecule has 3 aliphatic rings. The quantitative estimate of drug-likeness (QED) is 0.567. The number of hydrogen-bond acceptors (Lipinski definition) is 4. The third kappa shape index (κ3) is 1.03. The molecular weight excluding hydrogens is 208 g/mol. The molecule has 80 valence electrons. The Balaban J connectivity index is 1.94. The zero-order chi connectivity index (χ0) is 9.92. The van der Waals surface area contributed by atoms with Gasteiger partial charge < -0.3 is 19.7 Å². The highest BCUT2D eigenvalue weighted by Gasteiger charge is 2.63. The number of aliphatic hydroxyl groups is 2. The van der Waals surface area contributed by atoms with Gasteiger partial charge in [-0.2, -0.15) is 0 Å². The van der Waals surface area contributed by atoms with E-state index in [2.05, 4.69) is 0 Å². The van der Waals surface area contributed by atoms with Crippen LogP contribution in [0.2, 0.25) is 0 Å². The predicted molar refractivity (Wildman–Crippen MR) is 47.6 cm³/mol. The predicted octanol–water partition coefficient (Wildman–Crippen LogP) is 0.0560. The van der Waals surface area contributed by atoms with Gasteiger partial charge in [0.1, 0.15) is 11.2 Å². The molecular formula is C9H13ClO4. The van der Waals surface area contributed by atoms with Crippen LogP contribution >= 0.6 is 11.6 Å². The summed E-state index contributed by atoms with van der Waals surface area (Å²) in [6.45, 7) is 0.156. The number of ether oxygens (including phenoxy) is 2. The summed E-state index contributed by atoms with van der Waals surface area (Å²) in [7, 11) is 0. The largest absolute Gasteiger partial charge is 0.390 e. The average molecular weight is 221 g/mol. The summed E-state index contributed by atoms with van der Waals surface area (Å²) >= 11 is 5.90. The molecule has 6 atom stereocenters. The van der Waals surface area contributed by atoms with Crippen LogP contribution in [0.3, 0.4) is 0 Å². The first-order valence-electron chi connectivity index (χ1n) is 4.93. The van der Waals surface area contributed by atoms with E-state index in [4.69, 9.17) is 21.1 Å². The molecule has 6 unspecified atom stereocenters. The Hall–Kier alpha value is 0.130. The number of hydrogen-bond donors (Lipinski definition) is 2. The molecule has 5 heteroatoms. The van der Waals surface area contributed by atoms with E-state index < -0.39 is 18.0 Å². The number of aliphatic hydroxyl groups excluding tert-OH is 1. The summed E-state index contributed by atoms with van der Waals surface area (Å²) in [5, 5.41) is 20.0. The Bertz CT molecular complexity index is 261. The van der Waals surface area contributed by atoms with Crippen LogP contribution in [0.25, 0.3) is 0 Å². The monoisotopic (exact) mass is 220 g/mol. The van der Waals surface area contributed by atoms with Crippen LogP contribution in [0.5, 0.6) is 0 Å². The van der Waals surface area contributed by atoms with Gasteiger partial charge in [-0.05, 0) is 18.8 Å². The number of rotatable bonds is 0. The van der Waals surface area contributed by atoms with E-state index in [1.807, 2.05) is 0 Å². The average Bonchev–Trinajstić information content (AvgIpc) is 2.55. The van der Waals surface area contributed by atoms with E-state index >= 15 is 0 Å². The van der Waals surface area contributed by atoms with Gasteiger partial charge in [-0.3, -0.25) is 0 Å². The molecule has 2 saturated heterocycles. The van der Waals surface area contributed by atoms with E-state index in [9.17, 15) is 10.2 Å². The van der Waals surface area contributed by atoms with Crippen molar-refractivity contribution in [3.05, 3.63) is 0 Å². The molecule has 0 radical (unpaired) electrons. The van der Waals surface area contributed by atoms with Gasteiger partial charge >= 0.3 is 0 Å². The molecule has 0 bridgehead atoms. The molecule has 3 rings (SSSR count). The summed E-state index contributed by atoms with van der Waals surface area (Å²) in [5.74, 6) is 0.117. The van der Waals surface area contributed by atoms with Crippen LogP contribution in [0.15, 0.2) is 0 Å². The third-order valence-electron chi connectivity index (χ3n) is 3.73. The molecule has 2 aliphatic heterocycles. The lowest BCUT2D eigenvalue weighted by Crippen LogP contribution is -2.46. The minimum Gasteiger partial charge on any atom is -0.390 e. The molecule has 1 aliphatic carbocycles. The van der Waals surface area contributed by atoms with Gasteiger partial charge in [0.2, 0.25) is 0 Å². The maximum atomic E-state index is 10.2. The van der Waals surface area contributed by atoms with Crippen LogP contribution < -0.4 is 0 Å². The molecule has 0 aromatic rings. The highest BCUT2D eigenvalue weighted by molar-refractivity contribution is 6.19. The Kier molecular flexibility index (Phi) is 1.89. The second-order valence-electron chi connectivity index (χ2n) is 4.49. The molecule has 0 spiro atoms. The lowest BCUT2D eigenvalue weighted by atomic mass is 9.84. The van der Waals surface area contributed by atoms with E-state index in [1.165, 1.54) is 0 Å². The smallest absolute Gasteiger partial charge is 0.165 e. The van der Waals surface area contributed by atoms with Gasteiger partial charge in [0.25, 0.3) is 0 Å². The van der Waals surface area contributed by atoms with Crippen LogP contribution in [0.4, 0.5) is 0 Å². The van der Waals surface area contributed by atoms with Gasteiger partial charge in [-0.15, -0.1) is 0 Å². The van der Waals surface area contributed by atoms with Crippen LogP contribution in [0, 0.1) is 11.8 Å². The van der Waals surface area contributed by atoms with Crippen LogP contribution in [-0.4, -0.2) is 40.4 Å². The highest BCUT2D eigenvalue weighted by Crippen LogP contribution is 2.52. The van der Waals surface area contributed by atoms with Crippen molar-refractivity contribution in [2.24, 2.45) is 11.8 Å². The molecule has 2 N–H and O–H groups in total. The fourth-order valence-corrected chi connectivity index (χ4v) is 3.37. The first-order valence-corrected chi connectivity index (χ1v) is 5.36. The minimum absolute atomic E-state index is 0.104. The maximum Gasteiger partial charge on any atom is 0.165 e. The van der Waals surface area contributed by atoms with Crippen molar-refractivity contribution < 1.29 is 19.7 Å². The van der Waals surface area contributed by atoms with Crippen molar-refractivity contribution in [1.82, 2.24) is 0 Å². The summed E-state index contributed by atoms with van der Waals surface area (Å²) in [6, 6.07) is 0. The van der Waals surface area contributed by atoms with Crippen molar-refractivity contribution in [3.8, 4) is 0 Å². The Morgan fingerprint density at radius 1 is 1.36 bits per heavy atom. The lowest BCUT2D eigenvalue weighted by molar-refractivity contribution is -0.179. The van der Waals surface area contributed by atoms with Crippen LogP contribution in [-0.2, 0) is 9.47 Å². The van der Waals surface area contributed by atoms with Crippen molar-refractivity contribution >= 4 is 11.6 Å². The molecule has 0 aromatic heterocycles. The van der Waals surface area contributed by atoms with E-state index in [-0.39, 0.29) is 24.0 Å². The zero-order valence-corrected chi connectivity index (χ0v) is 8.35. The van der Waals surface area contributed by atoms with Gasteiger partial charge in [0, 0.05) is 5.92 Å². The van der Waals surface area contributed by atoms with E-state index in [0.717, 1.165) is 0 Å². The summed E-state index contributed by atoms with van der Waals surface area (Å²) in [4.78, 5) is 0. The first-order chi connectivity index (χ1) is 6.61. The topological polar surface area (TPSA) is 58.9 Å². The Morgan fingerprint density at radius 3 is 2.93 bits per heavy atom. The molecule has 4 nitrogen and oxygen atoms in total. The first kappa shape index (κ1) is 9.36. The molecule has 1 saturated carbocycles. The van der Waals surface area contributed by atoms with Gasteiger partial charge in [-0.1, -0.05) is 11.6 Å². The van der Waals surface area contributed by atoms with E-state index in [1.54, 1.807) is 0 Å². The minimum atomic E-state index is -1.10. The summed E-state index contributed by atoms with van der Waals surface area (Å²) in [6.07, 6.45) is 0.158. The second kappa shape index (κ2) is 2.83. The SMILES string of the molecule is OC1CC2CC(Cl)OC3OCC1(O)C23. The molecule has 14 heavy (non-hydrogen) atoms. The third-order valence-corrected chi connectivity index (χ3v) is 4.01. The molecule has 0 amide bonds. The second-order valence-corrected chi connectivity index (χ2v) is 4.98. The van der Waals surface area contributed by atoms with Crippen molar-refractivity contribution in [2.75, 3.05) is 6.61 Å². The Morgan fingerprint density at radius 2 is 2.14 bits per heavy atom. The molecule has 0 aromatic carbocycles. The van der Waals surface area contributed by atoms with E-state index in [0.29, 0.717) is 12.8 Å². The fraction of sp³-hybridized carbons (Fsp3) is 1.00. The summed E-state index contributed by atoms with van der Waals surface area (Å²) < 4.78 is 10.7. The van der Waals surface area contributed by atoms with Crippen molar-refractivity contribution in [2.45, 2.75) is 36.4 Å². The van der Waals surface area contributed by atoms with Crippen molar-refractivity contribution in [1.29, 1.82) is 0 Å². The summed E-state index contributed by atoms with van der Waals surface area (Å²) in [5.41, 5.74) is -1.46.